The van der Waals surface area contributed by atoms with E-state index in [4.69, 9.17) is 11.6 Å². The summed E-state index contributed by atoms with van der Waals surface area (Å²) in [7, 11) is 1.82. The van der Waals surface area contributed by atoms with Crippen molar-refractivity contribution in [1.82, 2.24) is 9.78 Å². The van der Waals surface area contributed by atoms with Crippen molar-refractivity contribution in [1.29, 1.82) is 0 Å². The van der Waals surface area contributed by atoms with Crippen molar-refractivity contribution in [2.24, 2.45) is 7.05 Å². The number of hydrogen-bond donors (Lipinski definition) is 2. The number of nitrogens with one attached hydrogen (secondary N) is 2. The number of anilines is 2. The highest BCUT2D eigenvalue weighted by Gasteiger charge is 2.30. The summed E-state index contributed by atoms with van der Waals surface area (Å²) in [4.78, 5) is 11.9. The molecule has 0 fully saturated rings. The number of benzene rings is 1. The van der Waals surface area contributed by atoms with E-state index in [-0.39, 0.29) is 5.91 Å². The quantitative estimate of drug-likeness (QED) is 0.872. The van der Waals surface area contributed by atoms with Crippen LogP contribution in [0.1, 0.15) is 11.6 Å². The Hall–Kier alpha value is -2.01. The third kappa shape index (κ3) is 1.82. The molecule has 0 saturated heterocycles. The molecule has 1 unspecified atom stereocenters. The number of carbonyl (C=O) groups is 1. The van der Waals surface area contributed by atoms with Crippen molar-refractivity contribution in [2.45, 2.75) is 6.04 Å². The summed E-state index contributed by atoms with van der Waals surface area (Å²) in [6.07, 6.45) is 3.49. The molecule has 0 aliphatic carbocycles. The van der Waals surface area contributed by atoms with Crippen LogP contribution in [-0.2, 0) is 11.8 Å². The number of halogens is 1. The van der Waals surface area contributed by atoms with Gasteiger partial charge >= 0.3 is 0 Å². The van der Waals surface area contributed by atoms with Crippen LogP contribution < -0.4 is 10.6 Å². The molecule has 2 heterocycles. The molecule has 1 atom stereocenters. The van der Waals surface area contributed by atoms with Gasteiger partial charge in [-0.2, -0.15) is 5.10 Å². The first-order valence-electron chi connectivity index (χ1n) is 5.49. The fraction of sp³-hybridized carbons (Fsp3) is 0.167. The lowest BCUT2D eigenvalue weighted by atomic mass is 10.1. The molecule has 6 heteroatoms. The van der Waals surface area contributed by atoms with Gasteiger partial charge in [0.1, 0.15) is 6.04 Å². The van der Waals surface area contributed by atoms with Gasteiger partial charge in [0.05, 0.1) is 11.9 Å². The van der Waals surface area contributed by atoms with Gasteiger partial charge in [-0.25, -0.2) is 0 Å². The summed E-state index contributed by atoms with van der Waals surface area (Å²) in [5.41, 5.74) is 2.45. The van der Waals surface area contributed by atoms with E-state index < -0.39 is 6.04 Å². The summed E-state index contributed by atoms with van der Waals surface area (Å²) in [5, 5.41) is 10.6. The van der Waals surface area contributed by atoms with Gasteiger partial charge in [0, 0.05) is 29.5 Å². The van der Waals surface area contributed by atoms with E-state index in [0.717, 1.165) is 16.9 Å². The van der Waals surface area contributed by atoms with Crippen LogP contribution in [0.5, 0.6) is 0 Å². The summed E-state index contributed by atoms with van der Waals surface area (Å²) >= 11 is 5.96. The molecule has 1 aromatic heterocycles. The second-order valence-electron chi connectivity index (χ2n) is 4.20. The van der Waals surface area contributed by atoms with E-state index in [1.807, 2.05) is 13.2 Å². The number of amides is 1. The molecule has 1 aromatic carbocycles. The van der Waals surface area contributed by atoms with E-state index in [1.54, 1.807) is 29.1 Å². The first-order chi connectivity index (χ1) is 8.63. The SMILES string of the molecule is Cn1cc(NC2C(=O)Nc3ccc(Cl)cc32)cn1. The molecular formula is C12H11ClN4O. The van der Waals surface area contributed by atoms with E-state index in [0.29, 0.717) is 5.02 Å². The van der Waals surface area contributed by atoms with Crippen molar-refractivity contribution in [3.8, 4) is 0 Å². The molecular weight excluding hydrogens is 252 g/mol. The monoisotopic (exact) mass is 262 g/mol. The minimum absolute atomic E-state index is 0.0869. The van der Waals surface area contributed by atoms with Gasteiger partial charge in [0.25, 0.3) is 5.91 Å². The molecule has 18 heavy (non-hydrogen) atoms. The van der Waals surface area contributed by atoms with Crippen molar-refractivity contribution < 1.29 is 4.79 Å². The van der Waals surface area contributed by atoms with Crippen molar-refractivity contribution in [3.63, 3.8) is 0 Å². The number of rotatable bonds is 2. The van der Waals surface area contributed by atoms with Crippen LogP contribution in [0.4, 0.5) is 11.4 Å². The maximum Gasteiger partial charge on any atom is 0.251 e. The van der Waals surface area contributed by atoms with E-state index in [9.17, 15) is 4.79 Å². The zero-order valence-electron chi connectivity index (χ0n) is 9.64. The molecule has 0 radical (unpaired) electrons. The standard InChI is InChI=1S/C12H11ClN4O/c1-17-6-8(5-14-17)15-11-9-4-7(13)2-3-10(9)16-12(11)18/h2-6,11,15H,1H3,(H,16,18). The average Bonchev–Trinajstić information content (AvgIpc) is 2.86. The highest BCUT2D eigenvalue weighted by Crippen LogP contribution is 2.34. The second kappa shape index (κ2) is 4.03. The summed E-state index contributed by atoms with van der Waals surface area (Å²) < 4.78 is 1.67. The summed E-state index contributed by atoms with van der Waals surface area (Å²) in [5.74, 6) is -0.0869. The van der Waals surface area contributed by atoms with Gasteiger partial charge < -0.3 is 10.6 Å². The first kappa shape index (κ1) is 11.1. The fourth-order valence-corrected chi connectivity index (χ4v) is 2.22. The zero-order chi connectivity index (χ0) is 12.7. The van der Waals surface area contributed by atoms with E-state index in [2.05, 4.69) is 15.7 Å². The molecule has 2 aromatic rings. The van der Waals surface area contributed by atoms with E-state index >= 15 is 0 Å². The van der Waals surface area contributed by atoms with Crippen LogP contribution >= 0.6 is 11.6 Å². The van der Waals surface area contributed by atoms with Crippen LogP contribution in [0.2, 0.25) is 5.02 Å². The van der Waals surface area contributed by atoms with Gasteiger partial charge in [-0.05, 0) is 18.2 Å². The lowest BCUT2D eigenvalue weighted by Crippen LogP contribution is -2.19. The molecule has 92 valence electrons. The number of fused-ring (bicyclic) bond motifs is 1. The van der Waals surface area contributed by atoms with Gasteiger partial charge in [-0.15, -0.1) is 0 Å². The van der Waals surface area contributed by atoms with Gasteiger partial charge in [0.2, 0.25) is 0 Å². The Labute approximate surface area is 109 Å². The van der Waals surface area contributed by atoms with Crippen LogP contribution in [-0.4, -0.2) is 15.7 Å². The van der Waals surface area contributed by atoms with Crippen molar-refractivity contribution >= 4 is 28.9 Å². The Morgan fingerprint density at radius 3 is 3.06 bits per heavy atom. The molecule has 5 nitrogen and oxygen atoms in total. The zero-order valence-corrected chi connectivity index (χ0v) is 10.4. The fourth-order valence-electron chi connectivity index (χ4n) is 2.04. The Bertz CT molecular complexity index is 622. The minimum Gasteiger partial charge on any atom is -0.367 e. The maximum absolute atomic E-state index is 11.9. The van der Waals surface area contributed by atoms with Crippen LogP contribution in [0.25, 0.3) is 0 Å². The molecule has 0 spiro atoms. The number of nitrogens with zero attached hydrogens (tertiary/aromatic N) is 2. The molecule has 1 amide bonds. The molecule has 0 saturated carbocycles. The van der Waals surface area contributed by atoms with Gasteiger partial charge in [-0.3, -0.25) is 9.48 Å². The predicted octanol–water partition coefficient (Wildman–Crippen LogP) is 2.18. The largest absolute Gasteiger partial charge is 0.367 e. The Kier molecular flexibility index (Phi) is 2.48. The highest BCUT2D eigenvalue weighted by atomic mass is 35.5. The Balaban J connectivity index is 1.93. The summed E-state index contributed by atoms with van der Waals surface area (Å²) in [6.45, 7) is 0. The lowest BCUT2D eigenvalue weighted by molar-refractivity contribution is -0.116. The highest BCUT2D eigenvalue weighted by molar-refractivity contribution is 6.31. The molecule has 2 N–H and O–H groups in total. The minimum atomic E-state index is -0.428. The average molecular weight is 263 g/mol. The normalized spacial score (nSPS) is 17.4. The Morgan fingerprint density at radius 2 is 2.33 bits per heavy atom. The topological polar surface area (TPSA) is 59.0 Å². The predicted molar refractivity (Wildman–Crippen MR) is 69.7 cm³/mol. The lowest BCUT2D eigenvalue weighted by Gasteiger charge is -2.10. The summed E-state index contributed by atoms with van der Waals surface area (Å²) in [6, 6.07) is 4.93. The van der Waals surface area contributed by atoms with Gasteiger partial charge in [-0.1, -0.05) is 11.6 Å². The van der Waals surface area contributed by atoms with Crippen molar-refractivity contribution in [2.75, 3.05) is 10.6 Å². The maximum atomic E-state index is 11.9. The van der Waals surface area contributed by atoms with Crippen LogP contribution in [0, 0.1) is 0 Å². The third-order valence-electron chi connectivity index (χ3n) is 2.86. The van der Waals surface area contributed by atoms with E-state index in [1.165, 1.54) is 0 Å². The van der Waals surface area contributed by atoms with Crippen molar-refractivity contribution in [3.05, 3.63) is 41.2 Å². The Morgan fingerprint density at radius 1 is 1.50 bits per heavy atom. The number of carbonyl (C=O) groups excluding carboxylic acids is 1. The molecule has 0 bridgehead atoms. The molecule has 3 rings (SSSR count). The third-order valence-corrected chi connectivity index (χ3v) is 3.10. The van der Waals surface area contributed by atoms with Crippen LogP contribution in [0.3, 0.4) is 0 Å². The smallest absolute Gasteiger partial charge is 0.251 e. The number of aromatic nitrogens is 2. The van der Waals surface area contributed by atoms with Gasteiger partial charge in [0.15, 0.2) is 0 Å². The number of aryl methyl sites for hydroxylation is 1. The number of hydrogen-bond acceptors (Lipinski definition) is 3. The van der Waals surface area contributed by atoms with Crippen LogP contribution in [0.15, 0.2) is 30.6 Å². The molecule has 1 aliphatic rings. The first-order valence-corrected chi connectivity index (χ1v) is 5.87. The second-order valence-corrected chi connectivity index (χ2v) is 4.64. The molecule has 1 aliphatic heterocycles.